The van der Waals surface area contributed by atoms with Crippen LogP contribution in [0.25, 0.3) is 56.4 Å². The molecule has 0 unspecified atom stereocenters. The second kappa shape index (κ2) is 14.6. The molecule has 1 aromatic heterocycles. The Morgan fingerprint density at radius 1 is 0.397 bits per heavy atom. The first kappa shape index (κ1) is 34.5. The number of para-hydroxylation sites is 2. The molecule has 0 aliphatic carbocycles. The van der Waals surface area contributed by atoms with Gasteiger partial charge in [-0.1, -0.05) is 176 Å². The quantitative estimate of drug-likeness (QED) is 0.163. The molecule has 1 aliphatic heterocycles. The molecule has 0 fully saturated rings. The second-order valence-corrected chi connectivity index (χ2v) is 14.3. The van der Waals surface area contributed by atoms with Crippen molar-refractivity contribution in [2.75, 3.05) is 0 Å². The Kier molecular flexibility index (Phi) is 8.70. The van der Waals surface area contributed by atoms with Crippen molar-refractivity contribution in [2.45, 2.75) is 5.41 Å². The summed E-state index contributed by atoms with van der Waals surface area (Å²) in [5.41, 5.74) is 11.1. The number of rotatable bonds is 7. The summed E-state index contributed by atoms with van der Waals surface area (Å²) in [6.07, 6.45) is 0. The monoisotopic (exact) mass is 742 g/mol. The van der Waals surface area contributed by atoms with Crippen LogP contribution >= 0.6 is 0 Å². The van der Waals surface area contributed by atoms with Gasteiger partial charge < -0.3 is 4.74 Å². The normalized spacial score (nSPS) is 12.4. The topological polar surface area (TPSA) is 71.7 Å². The molecule has 0 bridgehead atoms. The lowest BCUT2D eigenvalue weighted by Crippen LogP contribution is -2.34. The van der Waals surface area contributed by atoms with E-state index in [0.717, 1.165) is 61.6 Å². The van der Waals surface area contributed by atoms with E-state index in [-0.39, 0.29) is 0 Å². The van der Waals surface area contributed by atoms with Gasteiger partial charge in [-0.3, -0.25) is 0 Å². The summed E-state index contributed by atoms with van der Waals surface area (Å²) in [7, 11) is 0. The highest BCUT2D eigenvalue weighted by atomic mass is 16.5. The first-order valence-electron chi connectivity index (χ1n) is 19.2. The van der Waals surface area contributed by atoms with Crippen LogP contribution in [0.5, 0.6) is 11.5 Å². The zero-order chi connectivity index (χ0) is 38.9. The highest BCUT2D eigenvalue weighted by Gasteiger charge is 2.45. The smallest absolute Gasteiger partial charge is 0.164 e. The molecule has 0 N–H and O–H groups in total. The Labute approximate surface area is 337 Å². The van der Waals surface area contributed by atoms with Gasteiger partial charge in [0.2, 0.25) is 0 Å². The van der Waals surface area contributed by atoms with Crippen LogP contribution in [0.2, 0.25) is 0 Å². The van der Waals surface area contributed by atoms with Gasteiger partial charge in [0.1, 0.15) is 11.5 Å². The number of aromatic nitrogens is 3. The highest BCUT2D eigenvalue weighted by molar-refractivity contribution is 5.82. The summed E-state index contributed by atoms with van der Waals surface area (Å²) in [4.78, 5) is 15.2. The van der Waals surface area contributed by atoms with Gasteiger partial charge >= 0.3 is 0 Å². The van der Waals surface area contributed by atoms with Gasteiger partial charge in [0, 0.05) is 33.4 Å². The SMILES string of the molecule is N#Cc1ccc(-c2cccc(-c3nc(-c4ccccc4)nc(-c4cccc(-c5cccc6c5Oc5ccccc5C6(c5ccccc5)c5ccccc5)c4)n3)c2)cc1. The largest absolute Gasteiger partial charge is 0.456 e. The van der Waals surface area contributed by atoms with E-state index < -0.39 is 5.41 Å². The summed E-state index contributed by atoms with van der Waals surface area (Å²) in [6.45, 7) is 0. The molecule has 0 saturated carbocycles. The van der Waals surface area contributed by atoms with Crippen molar-refractivity contribution in [3.05, 3.63) is 234 Å². The summed E-state index contributed by atoms with van der Waals surface area (Å²) < 4.78 is 6.96. The van der Waals surface area contributed by atoms with Crippen LogP contribution in [0.4, 0.5) is 0 Å². The standard InChI is InChI=1S/C53H34N4O/c54-35-36-29-31-37(32-30-36)39-17-12-19-41(33-39)51-55-50(38-15-4-1-5-16-38)56-52(57-51)42-20-13-18-40(34-42)45-25-14-27-47-49(45)58-48-28-11-10-26-46(48)53(47,43-21-6-2-7-22-43)44-23-8-3-9-24-44/h1-34H. The number of nitriles is 1. The Hall–Kier alpha value is -7.94. The fraction of sp³-hybridized carbons (Fsp3) is 0.0189. The molecule has 1 aliphatic rings. The van der Waals surface area contributed by atoms with E-state index in [1.807, 2.05) is 78.9 Å². The van der Waals surface area contributed by atoms with Gasteiger partial charge in [-0.2, -0.15) is 5.26 Å². The third-order valence-electron chi connectivity index (χ3n) is 10.9. The first-order chi connectivity index (χ1) is 28.7. The summed E-state index contributed by atoms with van der Waals surface area (Å²) in [5.74, 6) is 3.35. The van der Waals surface area contributed by atoms with Crippen LogP contribution in [-0.4, -0.2) is 15.0 Å². The number of hydrogen-bond acceptors (Lipinski definition) is 5. The Morgan fingerprint density at radius 2 is 0.879 bits per heavy atom. The molecule has 10 rings (SSSR count). The number of nitrogens with zero attached hydrogens (tertiary/aromatic N) is 4. The van der Waals surface area contributed by atoms with Crippen molar-refractivity contribution in [1.29, 1.82) is 5.26 Å². The van der Waals surface area contributed by atoms with Crippen LogP contribution < -0.4 is 4.74 Å². The van der Waals surface area contributed by atoms with Gasteiger partial charge in [0.25, 0.3) is 0 Å². The van der Waals surface area contributed by atoms with Gasteiger partial charge in [-0.05, 0) is 58.1 Å². The second-order valence-electron chi connectivity index (χ2n) is 14.3. The number of benzene rings is 8. The predicted octanol–water partition coefficient (Wildman–Crippen LogP) is 12.6. The zero-order valence-corrected chi connectivity index (χ0v) is 31.3. The van der Waals surface area contributed by atoms with Crippen molar-refractivity contribution >= 4 is 0 Å². The van der Waals surface area contributed by atoms with E-state index in [1.165, 1.54) is 11.1 Å². The van der Waals surface area contributed by atoms with Crippen molar-refractivity contribution < 1.29 is 4.74 Å². The maximum absolute atomic E-state index is 9.33. The predicted molar refractivity (Wildman–Crippen MR) is 230 cm³/mol. The average Bonchev–Trinajstić information content (AvgIpc) is 3.31. The molecular weight excluding hydrogens is 709 g/mol. The summed E-state index contributed by atoms with van der Waals surface area (Å²) in [5, 5.41) is 9.33. The summed E-state index contributed by atoms with van der Waals surface area (Å²) >= 11 is 0. The van der Waals surface area contributed by atoms with Crippen molar-refractivity contribution in [2.24, 2.45) is 0 Å². The molecule has 58 heavy (non-hydrogen) atoms. The third-order valence-corrected chi connectivity index (χ3v) is 10.9. The fourth-order valence-electron chi connectivity index (χ4n) is 8.21. The van der Waals surface area contributed by atoms with E-state index in [0.29, 0.717) is 23.0 Å². The minimum atomic E-state index is -0.625. The Balaban J connectivity index is 1.13. The lowest BCUT2D eigenvalue weighted by Gasteiger charge is -2.42. The van der Waals surface area contributed by atoms with Crippen LogP contribution in [-0.2, 0) is 5.41 Å². The van der Waals surface area contributed by atoms with Crippen LogP contribution in [0.15, 0.2) is 206 Å². The van der Waals surface area contributed by atoms with E-state index in [4.69, 9.17) is 19.7 Å². The zero-order valence-electron chi connectivity index (χ0n) is 31.3. The molecule has 8 aromatic carbocycles. The fourth-order valence-corrected chi connectivity index (χ4v) is 8.21. The molecule has 0 atom stereocenters. The lowest BCUT2D eigenvalue weighted by atomic mass is 9.63. The molecule has 9 aromatic rings. The van der Waals surface area contributed by atoms with Crippen molar-refractivity contribution in [1.82, 2.24) is 15.0 Å². The number of hydrogen-bond donors (Lipinski definition) is 0. The minimum absolute atomic E-state index is 0.563. The lowest BCUT2D eigenvalue weighted by molar-refractivity contribution is 0.436. The van der Waals surface area contributed by atoms with Crippen molar-refractivity contribution in [3.8, 4) is 74.0 Å². The highest BCUT2D eigenvalue weighted by Crippen LogP contribution is 2.57. The number of ether oxygens (including phenoxy) is 1. The molecule has 0 saturated heterocycles. The van der Waals surface area contributed by atoms with Gasteiger partial charge in [0.15, 0.2) is 17.5 Å². The summed E-state index contributed by atoms with van der Waals surface area (Å²) in [6, 6.07) is 72.7. The first-order valence-corrected chi connectivity index (χ1v) is 19.2. The molecule has 0 amide bonds. The molecule has 2 heterocycles. The van der Waals surface area contributed by atoms with Gasteiger partial charge in [-0.25, -0.2) is 15.0 Å². The van der Waals surface area contributed by atoms with E-state index >= 15 is 0 Å². The molecular formula is C53H34N4O. The van der Waals surface area contributed by atoms with E-state index in [9.17, 15) is 5.26 Å². The maximum atomic E-state index is 9.33. The van der Waals surface area contributed by atoms with Crippen molar-refractivity contribution in [3.63, 3.8) is 0 Å². The van der Waals surface area contributed by atoms with Crippen LogP contribution in [0.3, 0.4) is 0 Å². The third kappa shape index (κ3) is 6.01. The van der Waals surface area contributed by atoms with E-state index in [1.54, 1.807) is 0 Å². The van der Waals surface area contributed by atoms with Gasteiger partial charge in [0.05, 0.1) is 17.0 Å². The maximum Gasteiger partial charge on any atom is 0.164 e. The minimum Gasteiger partial charge on any atom is -0.456 e. The molecule has 5 nitrogen and oxygen atoms in total. The molecule has 5 heteroatoms. The average molecular weight is 743 g/mol. The van der Waals surface area contributed by atoms with E-state index in [2.05, 4.69) is 133 Å². The number of fused-ring (bicyclic) bond motifs is 2. The van der Waals surface area contributed by atoms with Crippen LogP contribution in [0, 0.1) is 11.3 Å². The Morgan fingerprint density at radius 3 is 1.52 bits per heavy atom. The van der Waals surface area contributed by atoms with Crippen LogP contribution in [0.1, 0.15) is 27.8 Å². The Bertz CT molecular complexity index is 2940. The van der Waals surface area contributed by atoms with Gasteiger partial charge in [-0.15, -0.1) is 0 Å². The molecule has 0 spiro atoms. The molecule has 272 valence electrons. The molecule has 0 radical (unpaired) electrons.